The highest BCUT2D eigenvalue weighted by Gasteiger charge is 2.41. The molecule has 2 aliphatic heterocycles. The molecule has 0 aromatic heterocycles. The number of nitrogens with zero attached hydrogens (tertiary/aromatic N) is 2. The Morgan fingerprint density at radius 3 is 2.43 bits per heavy atom. The molecule has 0 radical (unpaired) electrons. The lowest BCUT2D eigenvalue weighted by Gasteiger charge is -2.45. The van der Waals surface area contributed by atoms with Crippen molar-refractivity contribution in [2.75, 3.05) is 19.7 Å². The number of hydrogen-bond acceptors (Lipinski definition) is 4. The first kappa shape index (κ1) is 20.9. The van der Waals surface area contributed by atoms with Gasteiger partial charge in [-0.05, 0) is 37.8 Å². The minimum Gasteiger partial charge on any atom is -0.445 e. The number of hydrogen-bond donors (Lipinski definition) is 0. The second-order valence-electron chi connectivity index (χ2n) is 7.71. The first-order valence-electron chi connectivity index (χ1n) is 9.65. The number of fused-ring (bicyclic) bond motifs is 1. The van der Waals surface area contributed by atoms with Gasteiger partial charge in [-0.25, -0.2) is 26.4 Å². The summed E-state index contributed by atoms with van der Waals surface area (Å²) in [6.07, 6.45) is 4.94. The Labute approximate surface area is 172 Å². The van der Waals surface area contributed by atoms with Crippen LogP contribution < -0.4 is 0 Å². The number of sulfonamides is 1. The van der Waals surface area contributed by atoms with Gasteiger partial charge in [-0.3, -0.25) is 4.90 Å². The number of piperidine rings is 1. The van der Waals surface area contributed by atoms with Gasteiger partial charge in [-0.15, -0.1) is 0 Å². The zero-order chi connectivity index (χ0) is 21.6. The Kier molecular flexibility index (Phi) is 5.39. The summed E-state index contributed by atoms with van der Waals surface area (Å²) in [7, 11) is -4.33. The van der Waals surface area contributed by atoms with Crippen LogP contribution in [0.15, 0.2) is 40.3 Å². The maximum Gasteiger partial charge on any atom is 0.410 e. The van der Waals surface area contributed by atoms with E-state index in [-0.39, 0.29) is 37.8 Å². The van der Waals surface area contributed by atoms with Crippen molar-refractivity contribution in [3.63, 3.8) is 0 Å². The van der Waals surface area contributed by atoms with E-state index in [0.717, 1.165) is 15.5 Å². The molecule has 1 unspecified atom stereocenters. The smallest absolute Gasteiger partial charge is 0.410 e. The van der Waals surface area contributed by atoms with Crippen LogP contribution in [0.5, 0.6) is 0 Å². The molecule has 1 aromatic carbocycles. The lowest BCUT2D eigenvalue weighted by molar-refractivity contribution is 0.0392. The molecule has 1 amide bonds. The van der Waals surface area contributed by atoms with E-state index in [4.69, 9.17) is 4.74 Å². The zero-order valence-electron chi connectivity index (χ0n) is 16.3. The van der Waals surface area contributed by atoms with Gasteiger partial charge in [0.2, 0.25) is 10.0 Å². The number of ether oxygens (including phenoxy) is 1. The Balaban J connectivity index is 1.50. The monoisotopic (exact) mass is 442 g/mol. The number of benzene rings is 1. The summed E-state index contributed by atoms with van der Waals surface area (Å²) in [5.74, 6) is -4.22. The molecule has 6 nitrogen and oxygen atoms in total. The Hall–Kier alpha value is -2.33. The van der Waals surface area contributed by atoms with Crippen molar-refractivity contribution in [3.8, 4) is 0 Å². The van der Waals surface area contributed by atoms with Gasteiger partial charge in [0, 0.05) is 25.2 Å². The van der Waals surface area contributed by atoms with Crippen LogP contribution in [0.2, 0.25) is 0 Å². The highest BCUT2D eigenvalue weighted by atomic mass is 32.2. The normalized spacial score (nSPS) is 23.5. The van der Waals surface area contributed by atoms with E-state index in [2.05, 4.69) is 0 Å². The molecule has 162 valence electrons. The fourth-order valence-corrected chi connectivity index (χ4v) is 5.81. The van der Waals surface area contributed by atoms with Gasteiger partial charge in [0.1, 0.15) is 17.3 Å². The maximum atomic E-state index is 14.0. The SMILES string of the molecule is CC1=CCC2C(=C1)COC(=O)N2C1CCN(S(=O)(=O)c2cc(F)c(F)cc2F)CC1. The molecular formula is C20H21F3N2O4S. The van der Waals surface area contributed by atoms with Crippen molar-refractivity contribution in [3.05, 3.63) is 52.9 Å². The molecule has 3 aliphatic rings. The van der Waals surface area contributed by atoms with E-state index in [9.17, 15) is 26.4 Å². The van der Waals surface area contributed by atoms with E-state index in [1.54, 1.807) is 4.90 Å². The van der Waals surface area contributed by atoms with Crippen molar-refractivity contribution in [1.82, 2.24) is 9.21 Å². The van der Waals surface area contributed by atoms with Gasteiger partial charge >= 0.3 is 6.09 Å². The molecule has 0 saturated carbocycles. The summed E-state index contributed by atoms with van der Waals surface area (Å²) in [5, 5.41) is 0. The van der Waals surface area contributed by atoms with Crippen LogP contribution in [0.4, 0.5) is 18.0 Å². The van der Waals surface area contributed by atoms with E-state index in [1.165, 1.54) is 0 Å². The highest BCUT2D eigenvalue weighted by Crippen LogP contribution is 2.33. The third-order valence-electron chi connectivity index (χ3n) is 5.82. The van der Waals surface area contributed by atoms with Crippen LogP contribution in [0.3, 0.4) is 0 Å². The van der Waals surface area contributed by atoms with Gasteiger partial charge in [0.05, 0.1) is 6.04 Å². The number of allylic oxidation sites excluding steroid dienone is 2. The summed E-state index contributed by atoms with van der Waals surface area (Å²) >= 11 is 0. The van der Waals surface area contributed by atoms with Gasteiger partial charge in [-0.2, -0.15) is 4.31 Å². The summed E-state index contributed by atoms with van der Waals surface area (Å²) in [6, 6.07) is 0.235. The predicted octanol–water partition coefficient (Wildman–Crippen LogP) is 3.35. The largest absolute Gasteiger partial charge is 0.445 e. The van der Waals surface area contributed by atoms with Gasteiger partial charge in [0.25, 0.3) is 0 Å². The summed E-state index contributed by atoms with van der Waals surface area (Å²) in [4.78, 5) is 13.2. The first-order chi connectivity index (χ1) is 14.2. The molecule has 1 aromatic rings. The molecule has 4 rings (SSSR count). The second kappa shape index (κ2) is 7.73. The lowest BCUT2D eigenvalue weighted by atomic mass is 9.91. The lowest BCUT2D eigenvalue weighted by Crippen LogP contribution is -2.56. The van der Waals surface area contributed by atoms with Gasteiger partial charge in [-0.1, -0.05) is 17.7 Å². The molecule has 1 atom stereocenters. The van der Waals surface area contributed by atoms with Crippen LogP contribution in [0, 0.1) is 17.5 Å². The molecule has 0 N–H and O–H groups in total. The van der Waals surface area contributed by atoms with Crippen molar-refractivity contribution in [2.45, 2.75) is 43.2 Å². The Bertz CT molecular complexity index is 1050. The first-order valence-corrected chi connectivity index (χ1v) is 11.1. The summed E-state index contributed by atoms with van der Waals surface area (Å²) in [6.45, 7) is 2.27. The van der Waals surface area contributed by atoms with Crippen molar-refractivity contribution < 1.29 is 31.1 Å². The maximum absolute atomic E-state index is 14.0. The second-order valence-corrected chi connectivity index (χ2v) is 9.62. The average Bonchev–Trinajstić information content (AvgIpc) is 2.71. The van der Waals surface area contributed by atoms with Gasteiger partial charge < -0.3 is 4.74 Å². The Morgan fingerprint density at radius 1 is 1.07 bits per heavy atom. The summed E-state index contributed by atoms with van der Waals surface area (Å²) in [5.41, 5.74) is 2.11. The molecule has 10 heteroatoms. The number of rotatable bonds is 3. The van der Waals surface area contributed by atoms with Crippen molar-refractivity contribution in [1.29, 1.82) is 0 Å². The highest BCUT2D eigenvalue weighted by molar-refractivity contribution is 7.89. The molecule has 2 saturated heterocycles. The number of carbonyl (C=O) groups excluding carboxylic acids is 1. The number of amides is 1. The molecular weight excluding hydrogens is 421 g/mol. The topological polar surface area (TPSA) is 66.9 Å². The standard InChI is InChI=1S/C20H21F3N2O4S/c1-12-2-3-18-13(8-12)11-29-20(26)25(18)14-4-6-24(7-5-14)30(27,28)19-10-16(22)15(21)9-17(19)23/h2,8-10,14,18H,3-7,11H2,1H3. The van der Waals surface area contributed by atoms with E-state index >= 15 is 0 Å². The third-order valence-corrected chi connectivity index (χ3v) is 7.74. The van der Waals surface area contributed by atoms with Crippen LogP contribution in [0.25, 0.3) is 0 Å². The van der Waals surface area contributed by atoms with E-state index in [1.807, 2.05) is 19.1 Å². The molecule has 30 heavy (non-hydrogen) atoms. The molecule has 2 heterocycles. The van der Waals surface area contributed by atoms with Crippen LogP contribution >= 0.6 is 0 Å². The molecule has 1 aliphatic carbocycles. The summed E-state index contributed by atoms with van der Waals surface area (Å²) < 4.78 is 72.5. The minimum absolute atomic E-state index is 0.0237. The van der Waals surface area contributed by atoms with E-state index < -0.39 is 38.5 Å². The number of cyclic esters (lactones) is 1. The van der Waals surface area contributed by atoms with E-state index in [0.29, 0.717) is 25.3 Å². The van der Waals surface area contributed by atoms with Crippen LogP contribution in [0.1, 0.15) is 26.2 Å². The molecule has 2 fully saturated rings. The van der Waals surface area contributed by atoms with Crippen molar-refractivity contribution in [2.24, 2.45) is 0 Å². The van der Waals surface area contributed by atoms with Crippen LogP contribution in [-0.2, 0) is 14.8 Å². The molecule has 0 bridgehead atoms. The zero-order valence-corrected chi connectivity index (χ0v) is 17.1. The average molecular weight is 442 g/mol. The molecule has 0 spiro atoms. The Morgan fingerprint density at radius 2 is 1.73 bits per heavy atom. The fourth-order valence-electron chi connectivity index (χ4n) is 4.28. The number of halogens is 3. The van der Waals surface area contributed by atoms with Gasteiger partial charge in [0.15, 0.2) is 11.6 Å². The minimum atomic E-state index is -4.33. The number of carbonyl (C=O) groups is 1. The predicted molar refractivity (Wildman–Crippen MR) is 102 cm³/mol. The fraction of sp³-hybridized carbons (Fsp3) is 0.450. The van der Waals surface area contributed by atoms with Crippen molar-refractivity contribution >= 4 is 16.1 Å². The third kappa shape index (κ3) is 3.62. The van der Waals surface area contributed by atoms with Crippen LogP contribution in [-0.4, -0.2) is 55.5 Å². The quantitative estimate of drug-likeness (QED) is 0.674.